The lowest BCUT2D eigenvalue weighted by atomic mass is 9.93. The molecule has 0 spiro atoms. The molecule has 0 amide bonds. The molecule has 4 aromatic rings. The highest BCUT2D eigenvalue weighted by atomic mass is 19.4. The zero-order valence-corrected chi connectivity index (χ0v) is 29.1. The van der Waals surface area contributed by atoms with Crippen LogP contribution in [0.25, 0.3) is 32.9 Å². The van der Waals surface area contributed by atoms with Crippen LogP contribution in [0.2, 0.25) is 0 Å². The molecule has 0 radical (unpaired) electrons. The number of piperazine rings is 1. The second kappa shape index (κ2) is 13.1. The zero-order chi connectivity index (χ0) is 35.7. The number of pyridine rings is 1. The summed E-state index contributed by atoms with van der Waals surface area (Å²) < 4.78 is 80.9. The van der Waals surface area contributed by atoms with Crippen molar-refractivity contribution < 1.29 is 31.4 Å². The minimum atomic E-state index is -4.63. The van der Waals surface area contributed by atoms with E-state index in [2.05, 4.69) is 33.7 Å². The van der Waals surface area contributed by atoms with Crippen LogP contribution >= 0.6 is 0 Å². The molecule has 2 aromatic carbocycles. The van der Waals surface area contributed by atoms with Crippen molar-refractivity contribution in [2.45, 2.75) is 83.8 Å². The first-order chi connectivity index (χ1) is 24.4. The van der Waals surface area contributed by atoms with Crippen LogP contribution < -0.4 is 15.0 Å². The first kappa shape index (κ1) is 34.4. The minimum absolute atomic E-state index is 0.0862. The fraction of sp³-hybridized carbons (Fsp3) is 0.553. The number of nitrogens with zero attached hydrogens (tertiary/aromatic N) is 5. The van der Waals surface area contributed by atoms with Gasteiger partial charge in [0.05, 0.1) is 23.8 Å². The number of benzene rings is 2. The van der Waals surface area contributed by atoms with Gasteiger partial charge in [0.25, 0.3) is 0 Å². The van der Waals surface area contributed by atoms with Gasteiger partial charge < -0.3 is 19.9 Å². The van der Waals surface area contributed by atoms with Gasteiger partial charge in [-0.3, -0.25) is 4.74 Å². The van der Waals surface area contributed by atoms with Crippen LogP contribution in [0.1, 0.15) is 57.2 Å². The average molecular weight is 711 g/mol. The second-order valence-electron chi connectivity index (χ2n) is 15.1. The van der Waals surface area contributed by atoms with E-state index >= 15 is 4.39 Å². The van der Waals surface area contributed by atoms with E-state index in [0.29, 0.717) is 85.5 Å². The number of nitrogens with one attached hydrogen (secondary N) is 1. The van der Waals surface area contributed by atoms with E-state index in [1.54, 1.807) is 19.1 Å². The number of hydrogen-bond acceptors (Lipinski definition) is 8. The standard InChI is InChI=1S/C38H43F5N6O2/c1-4-24-18-49-29(17-44-24)21(2)16-28-31-34(32(40)33(45-28)26-7-5-6-23-8-9-27(39)22(3)30(23)26)46-36(47-35(31)49)50-20-37(12-13-37)19-48-14-10-25(11-15-48)51-38(41,42)43/h5-9,21,24-25,29,44H,4,10-20H2,1-3H3/t21-,24+,29+/m0/s1. The van der Waals surface area contributed by atoms with E-state index in [4.69, 9.17) is 19.7 Å². The molecule has 4 aliphatic rings. The fourth-order valence-corrected chi connectivity index (χ4v) is 8.43. The summed E-state index contributed by atoms with van der Waals surface area (Å²) in [6.45, 7) is 9.50. The zero-order valence-electron chi connectivity index (χ0n) is 29.1. The van der Waals surface area contributed by atoms with Gasteiger partial charge in [0.2, 0.25) is 0 Å². The van der Waals surface area contributed by atoms with Crippen molar-refractivity contribution in [2.24, 2.45) is 11.3 Å². The van der Waals surface area contributed by atoms with Crippen molar-refractivity contribution in [2.75, 3.05) is 44.2 Å². The van der Waals surface area contributed by atoms with Crippen molar-refractivity contribution in [3.8, 4) is 17.3 Å². The molecule has 2 aromatic heterocycles. The fourth-order valence-electron chi connectivity index (χ4n) is 8.43. The maximum Gasteiger partial charge on any atom is 0.522 e. The molecule has 0 unspecified atom stereocenters. The molecule has 13 heteroatoms. The number of aryl methyl sites for hydroxylation is 1. The number of aromatic nitrogens is 3. The summed E-state index contributed by atoms with van der Waals surface area (Å²) in [5, 5.41) is 5.66. The van der Waals surface area contributed by atoms with Crippen LogP contribution in [-0.2, 0) is 11.2 Å². The molecule has 3 fully saturated rings. The Morgan fingerprint density at radius 3 is 2.53 bits per heavy atom. The van der Waals surface area contributed by atoms with E-state index in [0.717, 1.165) is 31.2 Å². The lowest BCUT2D eigenvalue weighted by molar-refractivity contribution is -0.345. The molecule has 8 nitrogen and oxygen atoms in total. The smallest absolute Gasteiger partial charge is 0.463 e. The first-order valence-corrected chi connectivity index (χ1v) is 18.1. The van der Waals surface area contributed by atoms with Gasteiger partial charge in [-0.2, -0.15) is 9.97 Å². The van der Waals surface area contributed by atoms with Gasteiger partial charge in [0, 0.05) is 55.8 Å². The van der Waals surface area contributed by atoms with Crippen LogP contribution in [-0.4, -0.2) is 83.7 Å². The number of fused-ring (bicyclic) bond motifs is 3. The van der Waals surface area contributed by atoms with Gasteiger partial charge in [-0.15, -0.1) is 13.2 Å². The number of alkyl halides is 3. The quantitative estimate of drug-likeness (QED) is 0.191. The summed E-state index contributed by atoms with van der Waals surface area (Å²) in [7, 11) is 0. The van der Waals surface area contributed by atoms with Crippen molar-refractivity contribution in [1.29, 1.82) is 0 Å². The summed E-state index contributed by atoms with van der Waals surface area (Å²) >= 11 is 0. The highest BCUT2D eigenvalue weighted by Gasteiger charge is 2.46. The Balaban J connectivity index is 1.16. The molecule has 3 aliphatic heterocycles. The van der Waals surface area contributed by atoms with Crippen LogP contribution in [0, 0.1) is 29.9 Å². The maximum absolute atomic E-state index is 17.1. The van der Waals surface area contributed by atoms with Crippen molar-refractivity contribution in [3.63, 3.8) is 0 Å². The van der Waals surface area contributed by atoms with Crippen LogP contribution in [0.5, 0.6) is 6.01 Å². The van der Waals surface area contributed by atoms with Crippen molar-refractivity contribution in [3.05, 3.63) is 53.2 Å². The summed E-state index contributed by atoms with van der Waals surface area (Å²) in [6.07, 6.45) is -1.48. The molecule has 3 atom stereocenters. The highest BCUT2D eigenvalue weighted by molar-refractivity contribution is 6.01. The predicted octanol–water partition coefficient (Wildman–Crippen LogP) is 7.34. The summed E-state index contributed by atoms with van der Waals surface area (Å²) in [4.78, 5) is 19.2. The molecule has 51 heavy (non-hydrogen) atoms. The first-order valence-electron chi connectivity index (χ1n) is 18.1. The van der Waals surface area contributed by atoms with Crippen molar-refractivity contribution >= 4 is 27.5 Å². The number of ether oxygens (including phenoxy) is 2. The molecule has 1 saturated carbocycles. The Labute approximate surface area is 293 Å². The van der Waals surface area contributed by atoms with Gasteiger partial charge in [-0.1, -0.05) is 38.1 Å². The van der Waals surface area contributed by atoms with E-state index in [9.17, 15) is 17.6 Å². The van der Waals surface area contributed by atoms with E-state index in [1.165, 1.54) is 6.07 Å². The number of halogens is 5. The number of piperidine rings is 1. The summed E-state index contributed by atoms with van der Waals surface area (Å²) in [6, 6.07) is 9.03. The van der Waals surface area contributed by atoms with Gasteiger partial charge in [-0.05, 0) is 73.8 Å². The highest BCUT2D eigenvalue weighted by Crippen LogP contribution is 2.48. The molecule has 1 aliphatic carbocycles. The Bertz CT molecular complexity index is 1960. The van der Waals surface area contributed by atoms with Crippen molar-refractivity contribution in [1.82, 2.24) is 25.2 Å². The van der Waals surface area contributed by atoms with E-state index in [1.807, 2.05) is 12.1 Å². The third-order valence-corrected chi connectivity index (χ3v) is 11.5. The molecule has 8 rings (SSSR count). The van der Waals surface area contributed by atoms with Crippen LogP contribution in [0.3, 0.4) is 0 Å². The lowest BCUT2D eigenvalue weighted by Crippen LogP contribution is -2.58. The predicted molar refractivity (Wildman–Crippen MR) is 185 cm³/mol. The van der Waals surface area contributed by atoms with E-state index in [-0.39, 0.29) is 46.5 Å². The molecule has 5 heterocycles. The Morgan fingerprint density at radius 1 is 1.02 bits per heavy atom. The summed E-state index contributed by atoms with van der Waals surface area (Å²) in [5.41, 5.74) is 1.72. The number of rotatable bonds is 8. The average Bonchev–Trinajstić information content (AvgIpc) is 3.90. The van der Waals surface area contributed by atoms with Crippen LogP contribution in [0.4, 0.5) is 27.8 Å². The maximum atomic E-state index is 17.1. The molecule has 1 N–H and O–H groups in total. The van der Waals surface area contributed by atoms with Gasteiger partial charge >= 0.3 is 12.4 Å². The van der Waals surface area contributed by atoms with Gasteiger partial charge in [0.1, 0.15) is 22.8 Å². The molecular formula is C38H43F5N6O2. The topological polar surface area (TPSA) is 75.6 Å². The number of anilines is 1. The number of likely N-dealkylation sites (tertiary alicyclic amines) is 1. The van der Waals surface area contributed by atoms with E-state index < -0.39 is 18.3 Å². The Kier molecular flexibility index (Phi) is 8.82. The molecule has 272 valence electrons. The molecule has 2 saturated heterocycles. The van der Waals surface area contributed by atoms with Gasteiger partial charge in [-0.25, -0.2) is 13.8 Å². The minimum Gasteiger partial charge on any atom is -0.463 e. The largest absolute Gasteiger partial charge is 0.522 e. The van der Waals surface area contributed by atoms with Gasteiger partial charge in [0.15, 0.2) is 5.82 Å². The second-order valence-corrected chi connectivity index (χ2v) is 15.1. The normalized spacial score (nSPS) is 23.8. The molecule has 0 bridgehead atoms. The lowest BCUT2D eigenvalue weighted by Gasteiger charge is -2.42. The number of hydrogen-bond donors (Lipinski definition) is 1. The van der Waals surface area contributed by atoms with Crippen LogP contribution in [0.15, 0.2) is 30.3 Å². The monoisotopic (exact) mass is 710 g/mol. The third-order valence-electron chi connectivity index (χ3n) is 11.5. The SMILES string of the molecule is CC[C@@H]1CN2c3nc(OCC4(CN5CCC(OC(F)(F)F)CC5)CC4)nc4c(F)c(-c5cccc6ccc(F)c(C)c56)nc(c34)C[C@H](C)[C@H]2CN1. The molecular weight excluding hydrogens is 667 g/mol. The third kappa shape index (κ3) is 6.61. The Morgan fingerprint density at radius 2 is 1.80 bits per heavy atom. The Hall–Kier alpha value is -3.68. The summed E-state index contributed by atoms with van der Waals surface area (Å²) in [5.74, 6) is -0.188.